The summed E-state index contributed by atoms with van der Waals surface area (Å²) < 4.78 is 5.23. The number of hydrogen-bond donors (Lipinski definition) is 1. The molecule has 1 fully saturated rings. The van der Waals surface area contributed by atoms with Crippen LogP contribution in [0.1, 0.15) is 42.5 Å². The van der Waals surface area contributed by atoms with Gasteiger partial charge >= 0.3 is 5.63 Å². The number of nitrogens with one attached hydrogen (secondary N) is 1. The Hall–Kier alpha value is -3.36. The number of nitrogens with zero attached hydrogens (tertiary/aromatic N) is 2. The lowest BCUT2D eigenvalue weighted by Gasteiger charge is -2.43. The van der Waals surface area contributed by atoms with Crippen molar-refractivity contribution >= 4 is 34.4 Å². The second-order valence-corrected chi connectivity index (χ2v) is 8.77. The van der Waals surface area contributed by atoms with E-state index in [1.54, 1.807) is 24.3 Å². The maximum absolute atomic E-state index is 12.8. The molecule has 1 aliphatic heterocycles. The zero-order valence-corrected chi connectivity index (χ0v) is 17.5. The number of rotatable bonds is 4. The third kappa shape index (κ3) is 3.64. The summed E-state index contributed by atoms with van der Waals surface area (Å²) in [7, 11) is 0. The number of thioether (sulfide) groups is 1. The minimum Gasteiger partial charge on any atom is -0.422 e. The van der Waals surface area contributed by atoms with Crippen molar-refractivity contribution in [2.45, 2.75) is 32.1 Å². The number of para-hydroxylation sites is 1. The van der Waals surface area contributed by atoms with Crippen LogP contribution in [0.5, 0.6) is 0 Å². The van der Waals surface area contributed by atoms with Crippen molar-refractivity contribution in [3.63, 3.8) is 0 Å². The van der Waals surface area contributed by atoms with Gasteiger partial charge in [-0.25, -0.2) is 4.79 Å². The van der Waals surface area contributed by atoms with E-state index in [4.69, 9.17) is 4.42 Å². The number of carbonyl (C=O) groups excluding carboxylic acids is 2. The summed E-state index contributed by atoms with van der Waals surface area (Å²) in [5.74, 6) is -1.96. The molecule has 1 N–H and O–H groups in total. The number of fused-ring (bicyclic) bond motifs is 1. The van der Waals surface area contributed by atoms with Crippen molar-refractivity contribution < 1.29 is 14.0 Å². The molecule has 1 saturated carbocycles. The van der Waals surface area contributed by atoms with E-state index in [0.29, 0.717) is 34.4 Å². The summed E-state index contributed by atoms with van der Waals surface area (Å²) in [5.41, 5.74) is -0.846. The molecule has 1 aromatic heterocycles. The van der Waals surface area contributed by atoms with Crippen molar-refractivity contribution in [3.8, 4) is 12.1 Å². The van der Waals surface area contributed by atoms with Crippen molar-refractivity contribution in [1.82, 2.24) is 5.32 Å². The summed E-state index contributed by atoms with van der Waals surface area (Å²) in [6.07, 6.45) is 3.86. The van der Waals surface area contributed by atoms with E-state index in [1.807, 2.05) is 0 Å². The summed E-state index contributed by atoms with van der Waals surface area (Å²) >= 11 is 1.02. The highest BCUT2D eigenvalue weighted by molar-refractivity contribution is 8.03. The Morgan fingerprint density at radius 2 is 1.94 bits per heavy atom. The third-order valence-electron chi connectivity index (χ3n) is 6.05. The van der Waals surface area contributed by atoms with E-state index in [2.05, 4.69) is 17.5 Å². The van der Waals surface area contributed by atoms with Crippen LogP contribution in [-0.2, 0) is 4.79 Å². The molecule has 1 spiro atoms. The lowest BCUT2D eigenvalue weighted by atomic mass is 9.61. The quantitative estimate of drug-likeness (QED) is 0.576. The summed E-state index contributed by atoms with van der Waals surface area (Å²) in [6, 6.07) is 12.7. The molecule has 0 radical (unpaired) electrons. The van der Waals surface area contributed by atoms with Gasteiger partial charge in [-0.3, -0.25) is 9.59 Å². The van der Waals surface area contributed by atoms with Crippen LogP contribution in [0.2, 0.25) is 0 Å². The Kier molecular flexibility index (Phi) is 5.67. The number of nitriles is 2. The molecule has 0 bridgehead atoms. The second-order valence-electron chi connectivity index (χ2n) is 7.78. The molecule has 1 amide bonds. The molecule has 1 aromatic carbocycles. The van der Waals surface area contributed by atoms with Gasteiger partial charge in [0.15, 0.2) is 5.78 Å². The monoisotopic (exact) mass is 433 g/mol. The van der Waals surface area contributed by atoms with Crippen molar-refractivity contribution in [1.29, 1.82) is 10.5 Å². The first kappa shape index (κ1) is 20.9. The second kappa shape index (κ2) is 8.41. The van der Waals surface area contributed by atoms with E-state index < -0.39 is 28.6 Å². The molecule has 2 aromatic rings. The first-order valence-electron chi connectivity index (χ1n) is 10.0. The average molecular weight is 433 g/mol. The number of benzene rings is 1. The molecule has 2 heterocycles. The Morgan fingerprint density at radius 3 is 2.65 bits per heavy atom. The van der Waals surface area contributed by atoms with Gasteiger partial charge in [0, 0.05) is 10.8 Å². The van der Waals surface area contributed by atoms with Crippen LogP contribution in [0.15, 0.2) is 50.1 Å². The lowest BCUT2D eigenvalue weighted by molar-refractivity contribution is -0.126. The molecule has 31 heavy (non-hydrogen) atoms. The molecule has 4 rings (SSSR count). The average Bonchev–Trinajstić information content (AvgIpc) is 2.77. The number of allylic oxidation sites excluding steroid dienone is 1. The van der Waals surface area contributed by atoms with Crippen LogP contribution in [0.4, 0.5) is 0 Å². The van der Waals surface area contributed by atoms with Crippen molar-refractivity contribution in [2.75, 3.05) is 5.75 Å². The summed E-state index contributed by atoms with van der Waals surface area (Å²) in [4.78, 5) is 37.7. The van der Waals surface area contributed by atoms with Gasteiger partial charge in [-0.05, 0) is 25.0 Å². The number of ketones is 1. The lowest BCUT2D eigenvalue weighted by Crippen LogP contribution is -2.48. The van der Waals surface area contributed by atoms with Crippen LogP contribution in [0.25, 0.3) is 11.0 Å². The fourth-order valence-corrected chi connectivity index (χ4v) is 5.51. The fourth-order valence-electron chi connectivity index (χ4n) is 4.51. The maximum Gasteiger partial charge on any atom is 0.347 e. The van der Waals surface area contributed by atoms with Crippen LogP contribution >= 0.6 is 11.8 Å². The maximum atomic E-state index is 12.8. The van der Waals surface area contributed by atoms with Crippen LogP contribution < -0.4 is 10.9 Å². The topological polar surface area (TPSA) is 124 Å². The van der Waals surface area contributed by atoms with E-state index in [0.717, 1.165) is 31.0 Å². The highest BCUT2D eigenvalue weighted by Crippen LogP contribution is 2.51. The van der Waals surface area contributed by atoms with Gasteiger partial charge in [0.05, 0.1) is 28.5 Å². The van der Waals surface area contributed by atoms with E-state index in [-0.39, 0.29) is 11.3 Å². The molecule has 0 unspecified atom stereocenters. The minimum atomic E-state index is -0.921. The molecule has 1 aliphatic carbocycles. The zero-order chi connectivity index (χ0) is 22.0. The molecule has 2 aliphatic rings. The van der Waals surface area contributed by atoms with Gasteiger partial charge in [0.1, 0.15) is 17.1 Å². The Balaban J connectivity index is 1.64. The number of amides is 1. The fraction of sp³-hybridized carbons (Fsp3) is 0.348. The van der Waals surface area contributed by atoms with Crippen LogP contribution in [0.3, 0.4) is 0 Å². The van der Waals surface area contributed by atoms with Gasteiger partial charge in [0.25, 0.3) is 0 Å². The van der Waals surface area contributed by atoms with Gasteiger partial charge in [-0.15, -0.1) is 0 Å². The number of Topliss-reactive ketones (excluding diaryl/α,β-unsaturated/α-hetero) is 1. The van der Waals surface area contributed by atoms with Gasteiger partial charge in [-0.1, -0.05) is 49.2 Å². The smallest absolute Gasteiger partial charge is 0.347 e. The molecular formula is C23H19N3O4S. The molecular weight excluding hydrogens is 414 g/mol. The van der Waals surface area contributed by atoms with Crippen LogP contribution in [0, 0.1) is 34.0 Å². The summed E-state index contributed by atoms with van der Waals surface area (Å²) in [6.45, 7) is 0. The van der Waals surface area contributed by atoms with Gasteiger partial charge in [-0.2, -0.15) is 10.5 Å². The highest BCUT2D eigenvalue weighted by Gasteiger charge is 2.51. The standard InChI is InChI=1S/C23H19N3O4S/c24-11-16-20(28)26-21(17(12-25)23(16)8-4-1-5-9-23)31-13-18(27)15-10-14-6-2-3-7-19(14)30-22(15)29/h2-3,6-7,10,16H,1,4-5,8-9,13H2,(H,26,28)/t16-/m1/s1. The molecule has 0 saturated heterocycles. The summed E-state index contributed by atoms with van der Waals surface area (Å²) in [5, 5.41) is 23.1. The zero-order valence-electron chi connectivity index (χ0n) is 16.6. The molecule has 1 atom stereocenters. The Labute approximate surface area is 182 Å². The normalized spacial score (nSPS) is 20.2. The third-order valence-corrected chi connectivity index (χ3v) is 7.05. The predicted molar refractivity (Wildman–Crippen MR) is 115 cm³/mol. The van der Waals surface area contributed by atoms with E-state index in [1.165, 1.54) is 6.07 Å². The predicted octanol–water partition coefficient (Wildman–Crippen LogP) is 3.66. The largest absolute Gasteiger partial charge is 0.422 e. The number of hydrogen-bond acceptors (Lipinski definition) is 7. The minimum absolute atomic E-state index is 0.0743. The SMILES string of the molecule is N#CC1=C(SCC(=O)c2cc3ccccc3oc2=O)NC(=O)[C@@H](C#N)C12CCCCC2. The molecule has 8 heteroatoms. The first-order valence-corrected chi connectivity index (χ1v) is 11.0. The highest BCUT2D eigenvalue weighted by atomic mass is 32.2. The van der Waals surface area contributed by atoms with Crippen molar-refractivity contribution in [3.05, 3.63) is 56.9 Å². The van der Waals surface area contributed by atoms with Crippen LogP contribution in [-0.4, -0.2) is 17.4 Å². The molecule has 7 nitrogen and oxygen atoms in total. The van der Waals surface area contributed by atoms with E-state index in [9.17, 15) is 24.9 Å². The Morgan fingerprint density at radius 1 is 1.19 bits per heavy atom. The first-order chi connectivity index (χ1) is 15.0. The number of carbonyl (C=O) groups is 2. The van der Waals surface area contributed by atoms with Gasteiger partial charge < -0.3 is 9.73 Å². The molecule has 156 valence electrons. The van der Waals surface area contributed by atoms with E-state index >= 15 is 0 Å². The van der Waals surface area contributed by atoms with Gasteiger partial charge in [0.2, 0.25) is 5.91 Å². The Bertz CT molecular complexity index is 1240. The van der Waals surface area contributed by atoms with Crippen molar-refractivity contribution in [2.24, 2.45) is 11.3 Å².